The Balaban J connectivity index is 2.16. The number of rotatable bonds is 2. The summed E-state index contributed by atoms with van der Waals surface area (Å²) in [5, 5.41) is 0.207. The summed E-state index contributed by atoms with van der Waals surface area (Å²) >= 11 is 0. The quantitative estimate of drug-likeness (QED) is 0.702. The highest BCUT2D eigenvalue weighted by Gasteiger charge is 2.26. The van der Waals surface area contributed by atoms with E-state index < -0.39 is 0 Å². The molecule has 0 saturated carbocycles. The molecular formula is C22H25N3O2. The van der Waals surface area contributed by atoms with Crippen LogP contribution in [0.15, 0.2) is 39.9 Å². The SMILES string of the molecule is CC1CCc2c(c(=O)c3c(=O)n(-c4ccccc4)c(C(C)C)nc3n2C)C1. The molecule has 5 heteroatoms. The molecule has 0 radical (unpaired) electrons. The van der Waals surface area contributed by atoms with Crippen LogP contribution in [0.4, 0.5) is 0 Å². The summed E-state index contributed by atoms with van der Waals surface area (Å²) in [6.45, 7) is 6.20. The minimum atomic E-state index is -0.267. The maximum atomic E-state index is 13.5. The van der Waals surface area contributed by atoms with Crippen LogP contribution in [-0.4, -0.2) is 14.1 Å². The Labute approximate surface area is 158 Å². The van der Waals surface area contributed by atoms with Gasteiger partial charge in [-0.2, -0.15) is 0 Å². The number of aromatic nitrogens is 3. The predicted molar refractivity (Wildman–Crippen MR) is 108 cm³/mol. The fraction of sp³-hybridized carbons (Fsp3) is 0.409. The zero-order valence-electron chi connectivity index (χ0n) is 16.3. The van der Waals surface area contributed by atoms with Crippen molar-refractivity contribution in [3.63, 3.8) is 0 Å². The minimum absolute atomic E-state index is 0.0495. The summed E-state index contributed by atoms with van der Waals surface area (Å²) in [7, 11) is 1.93. The Bertz CT molecular complexity index is 1140. The number of hydrogen-bond donors (Lipinski definition) is 0. The Kier molecular flexibility index (Phi) is 4.25. The Morgan fingerprint density at radius 2 is 1.85 bits per heavy atom. The van der Waals surface area contributed by atoms with Gasteiger partial charge in [-0.25, -0.2) is 4.98 Å². The van der Waals surface area contributed by atoms with Crippen LogP contribution >= 0.6 is 0 Å². The van der Waals surface area contributed by atoms with Gasteiger partial charge in [0, 0.05) is 24.2 Å². The average molecular weight is 363 g/mol. The van der Waals surface area contributed by atoms with E-state index in [1.54, 1.807) is 4.57 Å². The van der Waals surface area contributed by atoms with Crippen molar-refractivity contribution >= 4 is 11.0 Å². The first-order valence-corrected chi connectivity index (χ1v) is 9.63. The highest BCUT2D eigenvalue weighted by molar-refractivity contribution is 5.76. The zero-order chi connectivity index (χ0) is 19.3. The third-order valence-corrected chi connectivity index (χ3v) is 5.62. The lowest BCUT2D eigenvalue weighted by molar-refractivity contribution is 0.483. The molecule has 27 heavy (non-hydrogen) atoms. The molecule has 1 atom stereocenters. The first-order valence-electron chi connectivity index (χ1n) is 9.63. The van der Waals surface area contributed by atoms with Crippen LogP contribution in [0.5, 0.6) is 0 Å². The van der Waals surface area contributed by atoms with Crippen LogP contribution < -0.4 is 11.0 Å². The van der Waals surface area contributed by atoms with Crippen molar-refractivity contribution in [2.75, 3.05) is 0 Å². The van der Waals surface area contributed by atoms with Crippen molar-refractivity contribution in [3.05, 3.63) is 68.0 Å². The standard InChI is InChI=1S/C22H25N3O2/c1-13(2)20-23-21-18(22(27)25(20)15-8-6-5-7-9-15)19(26)16-12-14(3)10-11-17(16)24(21)4/h5-9,13-14H,10-12H2,1-4H3. The Morgan fingerprint density at radius 1 is 1.15 bits per heavy atom. The van der Waals surface area contributed by atoms with E-state index in [9.17, 15) is 9.59 Å². The molecule has 140 valence electrons. The van der Waals surface area contributed by atoms with E-state index in [-0.39, 0.29) is 22.3 Å². The smallest absolute Gasteiger partial charge is 0.271 e. The molecule has 0 fully saturated rings. The first-order chi connectivity index (χ1) is 12.9. The van der Waals surface area contributed by atoms with Gasteiger partial charge in [0.2, 0.25) is 0 Å². The fourth-order valence-electron chi connectivity index (χ4n) is 4.16. The predicted octanol–water partition coefficient (Wildman–Crippen LogP) is 3.33. The lowest BCUT2D eigenvalue weighted by atomic mass is 9.87. The van der Waals surface area contributed by atoms with Crippen molar-refractivity contribution in [2.24, 2.45) is 13.0 Å². The van der Waals surface area contributed by atoms with Gasteiger partial charge in [-0.15, -0.1) is 0 Å². The van der Waals surface area contributed by atoms with Gasteiger partial charge < -0.3 is 4.57 Å². The largest absolute Gasteiger partial charge is 0.332 e. The molecule has 0 amide bonds. The van der Waals surface area contributed by atoms with E-state index in [1.165, 1.54) is 0 Å². The van der Waals surface area contributed by atoms with Crippen molar-refractivity contribution in [3.8, 4) is 5.69 Å². The third kappa shape index (κ3) is 2.73. The van der Waals surface area contributed by atoms with Gasteiger partial charge in [-0.1, -0.05) is 39.0 Å². The summed E-state index contributed by atoms with van der Waals surface area (Å²) in [5.41, 5.74) is 2.67. The number of nitrogens with zero attached hydrogens (tertiary/aromatic N) is 3. The summed E-state index contributed by atoms with van der Waals surface area (Å²) in [5.74, 6) is 1.19. The van der Waals surface area contributed by atoms with Crippen molar-refractivity contribution in [1.82, 2.24) is 14.1 Å². The third-order valence-electron chi connectivity index (χ3n) is 5.62. The van der Waals surface area contributed by atoms with Crippen molar-refractivity contribution in [1.29, 1.82) is 0 Å². The van der Waals surface area contributed by atoms with Gasteiger partial charge in [-0.3, -0.25) is 14.2 Å². The van der Waals surface area contributed by atoms with Crippen LogP contribution in [0.2, 0.25) is 0 Å². The molecule has 1 aromatic carbocycles. The number of hydrogen-bond acceptors (Lipinski definition) is 3. The van der Waals surface area contributed by atoms with Crippen LogP contribution in [0.3, 0.4) is 0 Å². The normalized spacial score (nSPS) is 16.7. The van der Waals surface area contributed by atoms with Gasteiger partial charge >= 0.3 is 0 Å². The maximum Gasteiger partial charge on any atom is 0.271 e. The molecule has 5 nitrogen and oxygen atoms in total. The number of para-hydroxylation sites is 1. The molecule has 2 aromatic heterocycles. The van der Waals surface area contributed by atoms with Crippen LogP contribution in [0, 0.1) is 5.92 Å². The molecule has 1 aliphatic rings. The number of fused-ring (bicyclic) bond motifs is 2. The number of aryl methyl sites for hydroxylation is 1. The Hall–Kier alpha value is -2.69. The van der Waals surface area contributed by atoms with E-state index >= 15 is 0 Å². The second kappa shape index (κ2) is 6.48. The summed E-state index contributed by atoms with van der Waals surface area (Å²) in [4.78, 5) is 31.6. The molecule has 2 heterocycles. The molecule has 1 unspecified atom stereocenters. The second-order valence-electron chi connectivity index (χ2n) is 7.96. The van der Waals surface area contributed by atoms with E-state index in [0.717, 1.165) is 36.2 Å². The second-order valence-corrected chi connectivity index (χ2v) is 7.96. The molecule has 1 aliphatic carbocycles. The molecule has 0 aliphatic heterocycles. The lowest BCUT2D eigenvalue weighted by Gasteiger charge is -2.25. The Morgan fingerprint density at radius 3 is 2.52 bits per heavy atom. The monoisotopic (exact) mass is 363 g/mol. The molecule has 0 N–H and O–H groups in total. The van der Waals surface area contributed by atoms with Crippen LogP contribution in [0.25, 0.3) is 16.7 Å². The first kappa shape index (κ1) is 17.7. The van der Waals surface area contributed by atoms with E-state index in [2.05, 4.69) is 6.92 Å². The molecular weight excluding hydrogens is 338 g/mol. The fourth-order valence-corrected chi connectivity index (χ4v) is 4.16. The lowest BCUT2D eigenvalue weighted by Crippen LogP contribution is -2.34. The molecule has 0 spiro atoms. The van der Waals surface area contributed by atoms with E-state index in [0.29, 0.717) is 17.4 Å². The van der Waals surface area contributed by atoms with Crippen LogP contribution in [-0.2, 0) is 19.9 Å². The molecule has 0 bridgehead atoms. The van der Waals surface area contributed by atoms with Gasteiger partial charge in [0.25, 0.3) is 5.56 Å². The molecule has 3 aromatic rings. The van der Waals surface area contributed by atoms with Crippen molar-refractivity contribution < 1.29 is 0 Å². The van der Waals surface area contributed by atoms with E-state index in [4.69, 9.17) is 4.98 Å². The summed E-state index contributed by atoms with van der Waals surface area (Å²) in [6.07, 6.45) is 2.65. The van der Waals surface area contributed by atoms with Gasteiger partial charge in [-0.05, 0) is 37.3 Å². The zero-order valence-corrected chi connectivity index (χ0v) is 16.3. The summed E-state index contributed by atoms with van der Waals surface area (Å²) in [6, 6.07) is 9.46. The average Bonchev–Trinajstić information content (AvgIpc) is 2.66. The van der Waals surface area contributed by atoms with E-state index in [1.807, 2.05) is 55.8 Å². The van der Waals surface area contributed by atoms with Gasteiger partial charge in [0.15, 0.2) is 11.1 Å². The molecule has 4 rings (SSSR count). The summed E-state index contributed by atoms with van der Waals surface area (Å²) < 4.78 is 3.58. The number of benzene rings is 1. The van der Waals surface area contributed by atoms with Gasteiger partial charge in [0.1, 0.15) is 11.2 Å². The highest BCUT2D eigenvalue weighted by atomic mass is 16.1. The molecule has 0 saturated heterocycles. The van der Waals surface area contributed by atoms with Gasteiger partial charge in [0.05, 0.1) is 5.69 Å². The highest BCUT2D eigenvalue weighted by Crippen LogP contribution is 2.25. The minimum Gasteiger partial charge on any atom is -0.332 e. The van der Waals surface area contributed by atoms with Crippen molar-refractivity contribution in [2.45, 2.75) is 46.0 Å². The number of pyridine rings is 1. The van der Waals surface area contributed by atoms with Crippen LogP contribution in [0.1, 0.15) is 50.2 Å². The topological polar surface area (TPSA) is 56.9 Å². The maximum absolute atomic E-state index is 13.5.